The molecule has 6 N–H and O–H groups in total. The third-order valence-electron chi connectivity index (χ3n) is 5.92. The molecule has 0 saturated heterocycles. The van der Waals surface area contributed by atoms with Gasteiger partial charge in [-0.25, -0.2) is 4.39 Å². The molecule has 1 aromatic heterocycles. The van der Waals surface area contributed by atoms with Gasteiger partial charge in [-0.05, 0) is 17.2 Å². The standard InChI is InChI=1S/C28H37FN6O5/c1-28(2,21-9-7-20(8-10-21)22-5-3-4-6-23(22)29)24-19-25(40-35-24)33-27(32-12-16-39-18-14-37)34-26(30)31-11-15-38-17-13-36/h3-10,19,36-37H,11-18H2,1-2H3,(H4,30,31,32,33,34). The van der Waals surface area contributed by atoms with Crippen molar-refractivity contribution in [2.75, 3.05) is 58.0 Å². The second-order valence-electron chi connectivity index (χ2n) is 9.18. The number of nitrogens with two attached hydrogens (primary N) is 1. The zero-order valence-corrected chi connectivity index (χ0v) is 22.8. The number of halogens is 1. The fourth-order valence-electron chi connectivity index (χ4n) is 3.71. The Balaban J connectivity index is 1.70. The summed E-state index contributed by atoms with van der Waals surface area (Å²) in [6.07, 6.45) is 0. The molecule has 216 valence electrons. The van der Waals surface area contributed by atoms with Crippen molar-refractivity contribution >= 4 is 17.8 Å². The predicted molar refractivity (Wildman–Crippen MR) is 152 cm³/mol. The average Bonchev–Trinajstić information content (AvgIpc) is 3.42. The number of aliphatic hydroxyl groups is 2. The van der Waals surface area contributed by atoms with Crippen LogP contribution in [0.4, 0.5) is 10.3 Å². The lowest BCUT2D eigenvalue weighted by atomic mass is 9.81. The van der Waals surface area contributed by atoms with Crippen LogP contribution in [-0.4, -0.2) is 80.0 Å². The van der Waals surface area contributed by atoms with Crippen LogP contribution in [0, 0.1) is 5.82 Å². The molecular formula is C28H37FN6O5. The lowest BCUT2D eigenvalue weighted by Gasteiger charge is -2.22. The zero-order valence-electron chi connectivity index (χ0n) is 22.8. The first-order valence-electron chi connectivity index (χ1n) is 12.9. The topological polar surface area (TPSA) is 160 Å². The van der Waals surface area contributed by atoms with E-state index in [4.69, 9.17) is 29.9 Å². The maximum atomic E-state index is 14.2. The number of aliphatic imine (C=N–C) groups is 2. The summed E-state index contributed by atoms with van der Waals surface area (Å²) in [4.78, 5) is 8.58. The summed E-state index contributed by atoms with van der Waals surface area (Å²) in [7, 11) is 0. The Hall–Kier alpha value is -3.84. The third-order valence-corrected chi connectivity index (χ3v) is 5.92. The van der Waals surface area contributed by atoms with Crippen LogP contribution in [0.25, 0.3) is 11.1 Å². The number of guanidine groups is 2. The van der Waals surface area contributed by atoms with Crippen molar-refractivity contribution in [1.29, 1.82) is 0 Å². The molecule has 0 saturated carbocycles. The molecule has 40 heavy (non-hydrogen) atoms. The van der Waals surface area contributed by atoms with Crippen LogP contribution >= 0.6 is 0 Å². The summed E-state index contributed by atoms with van der Waals surface area (Å²) in [6.45, 7) is 5.50. The Bertz CT molecular complexity index is 1250. The van der Waals surface area contributed by atoms with E-state index in [0.29, 0.717) is 30.3 Å². The van der Waals surface area contributed by atoms with E-state index in [1.54, 1.807) is 18.2 Å². The minimum atomic E-state index is -0.519. The highest BCUT2D eigenvalue weighted by Gasteiger charge is 2.27. The van der Waals surface area contributed by atoms with Gasteiger partial charge in [0.25, 0.3) is 0 Å². The van der Waals surface area contributed by atoms with Gasteiger partial charge >= 0.3 is 0 Å². The lowest BCUT2D eigenvalue weighted by molar-refractivity contribution is 0.0977. The maximum Gasteiger partial charge on any atom is 0.231 e. The van der Waals surface area contributed by atoms with Crippen LogP contribution in [0.15, 0.2) is 69.1 Å². The molecule has 1 heterocycles. The average molecular weight is 557 g/mol. The zero-order chi connectivity index (χ0) is 28.8. The van der Waals surface area contributed by atoms with Crippen molar-refractivity contribution in [3.8, 4) is 11.1 Å². The van der Waals surface area contributed by atoms with E-state index in [1.165, 1.54) is 6.07 Å². The van der Waals surface area contributed by atoms with Crippen LogP contribution in [0.2, 0.25) is 0 Å². The number of anilines is 1. The molecule has 3 aromatic rings. The number of nitrogens with zero attached hydrogens (tertiary/aromatic N) is 3. The molecule has 0 aliphatic rings. The van der Waals surface area contributed by atoms with E-state index in [0.717, 1.165) is 11.1 Å². The molecule has 0 radical (unpaired) electrons. The molecule has 0 atom stereocenters. The number of hydrogen-bond acceptors (Lipinski definition) is 8. The monoisotopic (exact) mass is 556 g/mol. The van der Waals surface area contributed by atoms with Crippen molar-refractivity contribution in [2.24, 2.45) is 15.7 Å². The Morgan fingerprint density at radius 2 is 1.62 bits per heavy atom. The largest absolute Gasteiger partial charge is 0.394 e. The lowest BCUT2D eigenvalue weighted by Crippen LogP contribution is -2.41. The molecule has 0 aliphatic heterocycles. The summed E-state index contributed by atoms with van der Waals surface area (Å²) < 4.78 is 30.2. The van der Waals surface area contributed by atoms with Gasteiger partial charge in [-0.3, -0.25) is 20.6 Å². The molecule has 2 aromatic carbocycles. The van der Waals surface area contributed by atoms with E-state index in [2.05, 4.69) is 25.8 Å². The summed E-state index contributed by atoms with van der Waals surface area (Å²) in [5.74, 6) is 0.422. The summed E-state index contributed by atoms with van der Waals surface area (Å²) in [5.41, 5.74) is 8.44. The smallest absolute Gasteiger partial charge is 0.231 e. The molecule has 0 amide bonds. The number of aromatic nitrogens is 1. The van der Waals surface area contributed by atoms with E-state index in [9.17, 15) is 4.39 Å². The van der Waals surface area contributed by atoms with Crippen molar-refractivity contribution in [3.63, 3.8) is 0 Å². The van der Waals surface area contributed by atoms with Crippen LogP contribution in [-0.2, 0) is 14.9 Å². The summed E-state index contributed by atoms with van der Waals surface area (Å²) in [6, 6.07) is 16.1. The molecule has 11 nitrogen and oxygen atoms in total. The fraction of sp³-hybridized carbons (Fsp3) is 0.393. The number of aliphatic hydroxyl groups excluding tert-OH is 2. The molecule has 0 unspecified atom stereocenters. The number of hydrogen-bond donors (Lipinski definition) is 5. The van der Waals surface area contributed by atoms with Gasteiger partial charge in [-0.15, -0.1) is 0 Å². The van der Waals surface area contributed by atoms with Crippen molar-refractivity contribution in [3.05, 3.63) is 71.7 Å². The van der Waals surface area contributed by atoms with E-state index in [1.807, 2.05) is 44.2 Å². The molecule has 12 heteroatoms. The van der Waals surface area contributed by atoms with Crippen molar-refractivity contribution in [2.45, 2.75) is 19.3 Å². The van der Waals surface area contributed by atoms with Crippen LogP contribution in [0.3, 0.4) is 0 Å². The highest BCUT2D eigenvalue weighted by Crippen LogP contribution is 2.33. The normalized spacial score (nSPS) is 12.5. The molecule has 3 rings (SSSR count). The third kappa shape index (κ3) is 9.12. The molecule has 0 bridgehead atoms. The minimum absolute atomic E-state index is 0.0640. The Labute approximate surface area is 232 Å². The second kappa shape index (κ2) is 15.7. The molecule has 0 fully saturated rings. The Morgan fingerprint density at radius 1 is 0.975 bits per heavy atom. The van der Waals surface area contributed by atoms with Crippen molar-refractivity contribution < 1.29 is 28.6 Å². The molecule has 0 spiro atoms. The van der Waals surface area contributed by atoms with Gasteiger partial charge in [-0.1, -0.05) is 61.5 Å². The van der Waals surface area contributed by atoms with Gasteiger partial charge in [0.15, 0.2) is 5.96 Å². The SMILES string of the molecule is CC(C)(c1ccc(-c2ccccc2F)cc1)c1cc(NC(=NCCOCCO)NC(N)=NCCOCCO)on1. The number of rotatable bonds is 14. The first kappa shape index (κ1) is 30.7. The van der Waals surface area contributed by atoms with E-state index < -0.39 is 5.41 Å². The Kier molecular flexibility index (Phi) is 12.0. The highest BCUT2D eigenvalue weighted by molar-refractivity contribution is 6.04. The fourth-order valence-corrected chi connectivity index (χ4v) is 3.71. The van der Waals surface area contributed by atoms with E-state index >= 15 is 0 Å². The summed E-state index contributed by atoms with van der Waals surface area (Å²) >= 11 is 0. The first-order chi connectivity index (χ1) is 19.3. The van der Waals surface area contributed by atoms with Gasteiger partial charge in [0.05, 0.1) is 58.4 Å². The highest BCUT2D eigenvalue weighted by atomic mass is 19.1. The van der Waals surface area contributed by atoms with E-state index in [-0.39, 0.29) is 57.3 Å². The Morgan fingerprint density at radius 3 is 2.27 bits per heavy atom. The quantitative estimate of drug-likeness (QED) is 0.114. The van der Waals surface area contributed by atoms with Gasteiger partial charge < -0.3 is 29.9 Å². The second-order valence-corrected chi connectivity index (χ2v) is 9.18. The molecule has 0 aliphatic carbocycles. The predicted octanol–water partition coefficient (Wildman–Crippen LogP) is 2.50. The van der Waals surface area contributed by atoms with Crippen LogP contribution in [0.5, 0.6) is 0 Å². The molecular weight excluding hydrogens is 519 g/mol. The van der Waals surface area contributed by atoms with Crippen LogP contribution < -0.4 is 16.4 Å². The van der Waals surface area contributed by atoms with Crippen molar-refractivity contribution in [1.82, 2.24) is 10.5 Å². The minimum Gasteiger partial charge on any atom is -0.394 e. The summed E-state index contributed by atoms with van der Waals surface area (Å²) in [5, 5.41) is 27.8. The number of ether oxygens (including phenoxy) is 2. The van der Waals surface area contributed by atoms with Gasteiger partial charge in [0, 0.05) is 17.0 Å². The maximum absolute atomic E-state index is 14.2. The van der Waals surface area contributed by atoms with Gasteiger partial charge in [0.2, 0.25) is 11.8 Å². The van der Waals surface area contributed by atoms with Gasteiger partial charge in [0.1, 0.15) is 5.82 Å². The van der Waals surface area contributed by atoms with Crippen LogP contribution in [0.1, 0.15) is 25.1 Å². The number of benzene rings is 2. The van der Waals surface area contributed by atoms with Gasteiger partial charge in [-0.2, -0.15) is 0 Å². The first-order valence-corrected chi connectivity index (χ1v) is 12.9. The number of nitrogens with one attached hydrogen (secondary N) is 2.